The van der Waals surface area contributed by atoms with Gasteiger partial charge in [-0.05, 0) is 52.8 Å². The molecule has 0 aliphatic rings. The van der Waals surface area contributed by atoms with Gasteiger partial charge in [0.2, 0.25) is 0 Å². The van der Waals surface area contributed by atoms with Crippen LogP contribution >= 0.6 is 0 Å². The third-order valence-electron chi connectivity index (χ3n) is 5.28. The Kier molecular flexibility index (Phi) is 7.17. The Hall–Kier alpha value is -3.21. The van der Waals surface area contributed by atoms with Crippen LogP contribution in [0.5, 0.6) is 0 Å². The lowest BCUT2D eigenvalue weighted by Crippen LogP contribution is -2.39. The Labute approximate surface area is 177 Å². The second kappa shape index (κ2) is 10.0. The van der Waals surface area contributed by atoms with Crippen LogP contribution < -0.4 is 5.32 Å². The molecule has 0 bridgehead atoms. The third kappa shape index (κ3) is 5.23. The minimum Gasteiger partial charge on any atom is -0.480 e. The van der Waals surface area contributed by atoms with Gasteiger partial charge in [-0.25, -0.2) is 0 Å². The molecular formula is C26H27NO3. The Bertz CT molecular complexity index is 1040. The van der Waals surface area contributed by atoms with Crippen LogP contribution in [0.3, 0.4) is 0 Å². The van der Waals surface area contributed by atoms with Crippen molar-refractivity contribution < 1.29 is 15.0 Å². The molecule has 0 saturated heterocycles. The molecule has 1 atom stereocenters. The molecule has 0 heterocycles. The van der Waals surface area contributed by atoms with Crippen molar-refractivity contribution in [1.29, 1.82) is 0 Å². The van der Waals surface area contributed by atoms with Crippen molar-refractivity contribution in [2.75, 3.05) is 6.61 Å². The number of aliphatic carboxylic acids is 1. The van der Waals surface area contributed by atoms with Gasteiger partial charge in [-0.2, -0.15) is 0 Å². The molecule has 0 radical (unpaired) electrons. The SMILES string of the molecule is Cc1ccc(CNC(CO)C(=O)O)cc1C=Cc1cccc(-c2ccccc2)c1C. The molecule has 3 aromatic rings. The largest absolute Gasteiger partial charge is 0.480 e. The van der Waals surface area contributed by atoms with Crippen LogP contribution in [0.25, 0.3) is 23.3 Å². The van der Waals surface area contributed by atoms with Gasteiger partial charge in [-0.15, -0.1) is 0 Å². The highest BCUT2D eigenvalue weighted by molar-refractivity contribution is 5.78. The Balaban J connectivity index is 1.82. The first-order valence-electron chi connectivity index (χ1n) is 9.99. The maximum atomic E-state index is 11.1. The van der Waals surface area contributed by atoms with Gasteiger partial charge in [0.15, 0.2) is 0 Å². The van der Waals surface area contributed by atoms with Crippen LogP contribution in [0.1, 0.15) is 27.8 Å². The summed E-state index contributed by atoms with van der Waals surface area (Å²) in [6.45, 7) is 4.13. The number of aliphatic hydroxyl groups is 1. The summed E-state index contributed by atoms with van der Waals surface area (Å²) in [6, 6.07) is 21.8. The van der Waals surface area contributed by atoms with Crippen LogP contribution in [0.2, 0.25) is 0 Å². The molecular weight excluding hydrogens is 374 g/mol. The topological polar surface area (TPSA) is 69.6 Å². The Morgan fingerprint density at radius 1 is 0.967 bits per heavy atom. The minimum absolute atomic E-state index is 0.376. The zero-order valence-electron chi connectivity index (χ0n) is 17.3. The van der Waals surface area contributed by atoms with Crippen molar-refractivity contribution in [3.05, 3.63) is 94.5 Å². The van der Waals surface area contributed by atoms with Crippen LogP contribution in [-0.4, -0.2) is 28.8 Å². The molecule has 0 aliphatic heterocycles. The van der Waals surface area contributed by atoms with Gasteiger partial charge in [-0.1, -0.05) is 78.9 Å². The highest BCUT2D eigenvalue weighted by Gasteiger charge is 2.14. The van der Waals surface area contributed by atoms with E-state index in [0.29, 0.717) is 6.54 Å². The van der Waals surface area contributed by atoms with Crippen molar-refractivity contribution in [2.45, 2.75) is 26.4 Å². The predicted octanol–water partition coefficient (Wildman–Crippen LogP) is 4.68. The zero-order chi connectivity index (χ0) is 21.5. The van der Waals surface area contributed by atoms with Crippen molar-refractivity contribution in [3.63, 3.8) is 0 Å². The Morgan fingerprint density at radius 3 is 2.40 bits per heavy atom. The maximum absolute atomic E-state index is 11.1. The molecule has 0 aromatic heterocycles. The standard InChI is InChI=1S/C26H27NO3/c1-18-11-12-20(16-27-25(17-28)26(29)30)15-23(18)14-13-21-9-6-10-24(19(21)2)22-7-4-3-5-8-22/h3-15,25,27-28H,16-17H2,1-2H3,(H,29,30). The van der Waals surface area contributed by atoms with Gasteiger partial charge >= 0.3 is 5.97 Å². The average molecular weight is 402 g/mol. The molecule has 0 fully saturated rings. The molecule has 0 amide bonds. The number of hydrogen-bond acceptors (Lipinski definition) is 3. The van der Waals surface area contributed by atoms with E-state index in [-0.39, 0.29) is 0 Å². The number of aryl methyl sites for hydroxylation is 1. The second-order valence-corrected chi connectivity index (χ2v) is 7.36. The van der Waals surface area contributed by atoms with Crippen molar-refractivity contribution in [3.8, 4) is 11.1 Å². The van der Waals surface area contributed by atoms with Gasteiger partial charge in [-0.3, -0.25) is 10.1 Å². The number of carbonyl (C=O) groups is 1. The van der Waals surface area contributed by atoms with Crippen LogP contribution in [-0.2, 0) is 11.3 Å². The van der Waals surface area contributed by atoms with Crippen LogP contribution in [0.4, 0.5) is 0 Å². The van der Waals surface area contributed by atoms with Gasteiger partial charge in [0.05, 0.1) is 6.61 Å². The Morgan fingerprint density at radius 2 is 1.70 bits per heavy atom. The van der Waals surface area contributed by atoms with E-state index in [0.717, 1.165) is 22.3 Å². The number of carboxylic acid groups (broad SMARTS) is 1. The van der Waals surface area contributed by atoms with E-state index in [1.54, 1.807) is 0 Å². The van der Waals surface area contributed by atoms with Crippen molar-refractivity contribution in [1.82, 2.24) is 5.32 Å². The van der Waals surface area contributed by atoms with E-state index >= 15 is 0 Å². The number of aliphatic hydroxyl groups excluding tert-OH is 1. The molecule has 154 valence electrons. The van der Waals surface area contributed by atoms with E-state index in [4.69, 9.17) is 10.2 Å². The molecule has 4 nitrogen and oxygen atoms in total. The van der Waals surface area contributed by atoms with Crippen LogP contribution in [0, 0.1) is 13.8 Å². The molecule has 0 aliphatic carbocycles. The number of benzene rings is 3. The first kappa shape index (κ1) is 21.5. The molecule has 3 N–H and O–H groups in total. The normalized spacial score (nSPS) is 12.2. The molecule has 4 heteroatoms. The summed E-state index contributed by atoms with van der Waals surface area (Å²) >= 11 is 0. The highest BCUT2D eigenvalue weighted by atomic mass is 16.4. The lowest BCUT2D eigenvalue weighted by molar-refractivity contribution is -0.140. The zero-order valence-corrected chi connectivity index (χ0v) is 17.3. The summed E-state index contributed by atoms with van der Waals surface area (Å²) in [4.78, 5) is 11.1. The predicted molar refractivity (Wildman–Crippen MR) is 122 cm³/mol. The quantitative estimate of drug-likeness (QED) is 0.480. The summed E-state index contributed by atoms with van der Waals surface area (Å²) in [5.41, 5.74) is 7.99. The fraction of sp³-hybridized carbons (Fsp3) is 0.192. The minimum atomic E-state index is -1.06. The monoisotopic (exact) mass is 401 g/mol. The number of rotatable bonds is 8. The van der Waals surface area contributed by atoms with E-state index in [2.05, 4.69) is 61.6 Å². The summed E-state index contributed by atoms with van der Waals surface area (Å²) in [7, 11) is 0. The van der Waals surface area contributed by atoms with Gasteiger partial charge in [0, 0.05) is 6.54 Å². The van der Waals surface area contributed by atoms with Crippen molar-refractivity contribution >= 4 is 18.1 Å². The fourth-order valence-corrected chi connectivity index (χ4v) is 3.39. The third-order valence-corrected chi connectivity index (χ3v) is 5.28. The maximum Gasteiger partial charge on any atom is 0.323 e. The van der Waals surface area contributed by atoms with E-state index < -0.39 is 18.6 Å². The first-order chi connectivity index (χ1) is 14.5. The lowest BCUT2D eigenvalue weighted by atomic mass is 9.95. The molecule has 0 spiro atoms. The molecule has 0 saturated carbocycles. The van der Waals surface area contributed by atoms with E-state index in [1.165, 1.54) is 16.7 Å². The first-order valence-corrected chi connectivity index (χ1v) is 9.99. The van der Waals surface area contributed by atoms with Gasteiger partial charge < -0.3 is 10.2 Å². The molecule has 3 rings (SSSR count). The van der Waals surface area contributed by atoms with Gasteiger partial charge in [0.25, 0.3) is 0 Å². The molecule has 30 heavy (non-hydrogen) atoms. The summed E-state index contributed by atoms with van der Waals surface area (Å²) < 4.78 is 0. The number of nitrogens with one attached hydrogen (secondary N) is 1. The van der Waals surface area contributed by atoms with Gasteiger partial charge in [0.1, 0.15) is 6.04 Å². The molecule has 3 aromatic carbocycles. The van der Waals surface area contributed by atoms with E-state index in [1.807, 2.05) is 36.4 Å². The number of hydrogen-bond donors (Lipinski definition) is 3. The smallest absolute Gasteiger partial charge is 0.323 e. The van der Waals surface area contributed by atoms with Crippen LogP contribution in [0.15, 0.2) is 66.7 Å². The van der Waals surface area contributed by atoms with E-state index in [9.17, 15) is 4.79 Å². The fourth-order valence-electron chi connectivity index (χ4n) is 3.39. The summed E-state index contributed by atoms with van der Waals surface area (Å²) in [5, 5.41) is 21.1. The lowest BCUT2D eigenvalue weighted by Gasteiger charge is -2.12. The molecule has 1 unspecified atom stereocenters. The number of carboxylic acids is 1. The summed E-state index contributed by atoms with van der Waals surface area (Å²) in [5.74, 6) is -1.06. The second-order valence-electron chi connectivity index (χ2n) is 7.36. The highest BCUT2D eigenvalue weighted by Crippen LogP contribution is 2.27. The summed E-state index contributed by atoms with van der Waals surface area (Å²) in [6.07, 6.45) is 4.21. The van der Waals surface area contributed by atoms with Crippen molar-refractivity contribution in [2.24, 2.45) is 0 Å². The average Bonchev–Trinajstić information content (AvgIpc) is 2.75.